The molecule has 8 nitrogen and oxygen atoms in total. The van der Waals surface area contributed by atoms with Gasteiger partial charge in [-0.25, -0.2) is 4.98 Å². The molecule has 0 radical (unpaired) electrons. The second kappa shape index (κ2) is 11.3. The fourth-order valence-electron chi connectivity index (χ4n) is 3.18. The third-order valence-electron chi connectivity index (χ3n) is 4.94. The van der Waals surface area contributed by atoms with E-state index in [0.717, 1.165) is 16.8 Å². The van der Waals surface area contributed by atoms with Crippen LogP contribution in [0.4, 0.5) is 11.4 Å². The first-order valence-electron chi connectivity index (χ1n) is 10.6. The Morgan fingerprint density at radius 2 is 1.97 bits per heavy atom. The molecule has 2 aromatic carbocycles. The number of benzene rings is 2. The highest BCUT2D eigenvalue weighted by molar-refractivity contribution is 5.96. The van der Waals surface area contributed by atoms with Crippen molar-refractivity contribution in [2.45, 2.75) is 19.4 Å². The second-order valence-corrected chi connectivity index (χ2v) is 7.55. The second-order valence-electron chi connectivity index (χ2n) is 7.55. The number of aromatic nitrogens is 2. The molecule has 1 atom stereocenters. The van der Waals surface area contributed by atoms with Crippen LogP contribution in [0.5, 0.6) is 5.75 Å². The molecule has 32 heavy (non-hydrogen) atoms. The molecule has 0 aliphatic heterocycles. The lowest BCUT2D eigenvalue weighted by Crippen LogP contribution is -2.37. The molecule has 3 rings (SSSR count). The lowest BCUT2D eigenvalue weighted by Gasteiger charge is -2.17. The molecule has 8 heteroatoms. The van der Waals surface area contributed by atoms with Crippen molar-refractivity contribution in [2.75, 3.05) is 44.1 Å². The molecule has 0 spiro atoms. The van der Waals surface area contributed by atoms with Crippen molar-refractivity contribution in [1.82, 2.24) is 9.97 Å². The highest BCUT2D eigenvalue weighted by Gasteiger charge is 2.17. The van der Waals surface area contributed by atoms with Crippen molar-refractivity contribution in [1.29, 1.82) is 0 Å². The highest BCUT2D eigenvalue weighted by atomic mass is 16.5. The van der Waals surface area contributed by atoms with E-state index in [2.05, 4.69) is 15.3 Å². The van der Waals surface area contributed by atoms with Gasteiger partial charge >= 0.3 is 0 Å². The number of nitrogens with zero attached hydrogens (tertiary/aromatic N) is 2. The molecule has 0 saturated heterocycles. The minimum absolute atomic E-state index is 0.284. The van der Waals surface area contributed by atoms with Crippen LogP contribution < -0.4 is 20.7 Å². The zero-order chi connectivity index (χ0) is 22.9. The summed E-state index contributed by atoms with van der Waals surface area (Å²) in [4.78, 5) is 22.2. The number of hydrogen-bond acceptors (Lipinski definition) is 6. The van der Waals surface area contributed by atoms with Crippen LogP contribution in [0.2, 0.25) is 0 Å². The van der Waals surface area contributed by atoms with Crippen LogP contribution in [0.1, 0.15) is 12.5 Å². The number of hydrogen-bond donors (Lipinski definition) is 3. The van der Waals surface area contributed by atoms with Gasteiger partial charge in [0.1, 0.15) is 18.2 Å². The lowest BCUT2D eigenvalue weighted by atomic mass is 10.1. The SMILES string of the molecule is CCOCCOc1ccc(-c2ncc[nH]2)cc1NC(=O)[C@@H](N)Cc1ccc(N(C)C)cc1. The average Bonchev–Trinajstić information content (AvgIpc) is 3.33. The zero-order valence-electron chi connectivity index (χ0n) is 18.8. The van der Waals surface area contributed by atoms with Gasteiger partial charge in [-0.2, -0.15) is 0 Å². The summed E-state index contributed by atoms with van der Waals surface area (Å²) in [6, 6.07) is 12.8. The summed E-state index contributed by atoms with van der Waals surface area (Å²) in [6.45, 7) is 3.39. The third-order valence-corrected chi connectivity index (χ3v) is 4.94. The number of ether oxygens (including phenoxy) is 2. The van der Waals surface area contributed by atoms with Gasteiger partial charge in [-0.15, -0.1) is 0 Å². The van der Waals surface area contributed by atoms with Crippen LogP contribution in [0.3, 0.4) is 0 Å². The number of nitrogens with one attached hydrogen (secondary N) is 2. The van der Waals surface area contributed by atoms with E-state index in [1.165, 1.54) is 0 Å². The minimum Gasteiger partial charge on any atom is -0.489 e. The third kappa shape index (κ3) is 6.32. The maximum Gasteiger partial charge on any atom is 0.241 e. The number of nitrogens with two attached hydrogens (primary N) is 1. The minimum atomic E-state index is -0.705. The van der Waals surface area contributed by atoms with E-state index in [0.29, 0.717) is 43.5 Å². The van der Waals surface area contributed by atoms with E-state index >= 15 is 0 Å². The van der Waals surface area contributed by atoms with Crippen molar-refractivity contribution in [2.24, 2.45) is 5.73 Å². The molecule has 1 heterocycles. The number of imidazole rings is 1. The van der Waals surface area contributed by atoms with Crippen molar-refractivity contribution in [3.8, 4) is 17.1 Å². The molecule has 4 N–H and O–H groups in total. The topological polar surface area (TPSA) is 106 Å². The number of aromatic amines is 1. The molecule has 3 aromatic rings. The van der Waals surface area contributed by atoms with Crippen molar-refractivity contribution >= 4 is 17.3 Å². The van der Waals surface area contributed by atoms with Crippen LogP contribution in [0.15, 0.2) is 54.9 Å². The Kier molecular flexibility index (Phi) is 8.24. The number of H-pyrrole nitrogens is 1. The number of anilines is 2. The van der Waals surface area contributed by atoms with E-state index in [-0.39, 0.29) is 5.91 Å². The summed E-state index contributed by atoms with van der Waals surface area (Å²) in [6.07, 6.45) is 3.85. The van der Waals surface area contributed by atoms with Gasteiger partial charge in [-0.3, -0.25) is 4.79 Å². The number of rotatable bonds is 11. The maximum absolute atomic E-state index is 12.9. The molecule has 0 aliphatic rings. The molecule has 0 bridgehead atoms. The normalized spacial score (nSPS) is 11.8. The maximum atomic E-state index is 12.9. The summed E-state index contributed by atoms with van der Waals surface area (Å²) in [5.41, 5.74) is 9.67. The standard InChI is InChI=1S/C24H31N5O3/c1-4-31-13-14-32-22-10-7-18(23-26-11-12-27-23)16-21(22)28-24(30)20(25)15-17-5-8-19(9-6-17)29(2)3/h5-12,16,20H,4,13-15,25H2,1-3H3,(H,26,27)(H,28,30)/t20-/m0/s1. The number of amides is 1. The quantitative estimate of drug-likeness (QED) is 0.398. The summed E-state index contributed by atoms with van der Waals surface area (Å²) < 4.78 is 11.2. The molecule has 1 aromatic heterocycles. The largest absolute Gasteiger partial charge is 0.489 e. The predicted octanol–water partition coefficient (Wildman–Crippen LogP) is 3.07. The van der Waals surface area contributed by atoms with Gasteiger partial charge in [-0.1, -0.05) is 12.1 Å². The van der Waals surface area contributed by atoms with Crippen molar-refractivity contribution in [3.63, 3.8) is 0 Å². The van der Waals surface area contributed by atoms with Crippen LogP contribution >= 0.6 is 0 Å². The molecular formula is C24H31N5O3. The molecule has 170 valence electrons. The lowest BCUT2D eigenvalue weighted by molar-refractivity contribution is -0.117. The van der Waals surface area contributed by atoms with Gasteiger partial charge in [-0.05, 0) is 49.2 Å². The van der Waals surface area contributed by atoms with E-state index in [1.54, 1.807) is 12.4 Å². The fraction of sp³-hybridized carbons (Fsp3) is 0.333. The van der Waals surface area contributed by atoms with E-state index in [9.17, 15) is 4.79 Å². The van der Waals surface area contributed by atoms with Gasteiger partial charge in [0.05, 0.1) is 18.3 Å². The van der Waals surface area contributed by atoms with Gasteiger partial charge in [0.25, 0.3) is 0 Å². The van der Waals surface area contributed by atoms with Crippen LogP contribution in [-0.2, 0) is 16.0 Å². The number of carbonyl (C=O) groups excluding carboxylic acids is 1. The monoisotopic (exact) mass is 437 g/mol. The Hall–Kier alpha value is -3.36. The molecule has 1 amide bonds. The summed E-state index contributed by atoms with van der Waals surface area (Å²) in [5, 5.41) is 2.92. The highest BCUT2D eigenvalue weighted by Crippen LogP contribution is 2.30. The molecule has 0 fully saturated rings. The van der Waals surface area contributed by atoms with Gasteiger partial charge in [0.2, 0.25) is 5.91 Å². The summed E-state index contributed by atoms with van der Waals surface area (Å²) >= 11 is 0. The van der Waals surface area contributed by atoms with E-state index in [4.69, 9.17) is 15.2 Å². The molecule has 0 aliphatic carbocycles. The Bertz CT molecular complexity index is 987. The molecule has 0 saturated carbocycles. The van der Waals surface area contributed by atoms with Gasteiger partial charge in [0.15, 0.2) is 0 Å². The van der Waals surface area contributed by atoms with E-state index in [1.807, 2.05) is 68.4 Å². The van der Waals surface area contributed by atoms with E-state index < -0.39 is 6.04 Å². The fourth-order valence-corrected chi connectivity index (χ4v) is 3.18. The van der Waals surface area contributed by atoms with Crippen LogP contribution in [0.25, 0.3) is 11.4 Å². The first kappa shape index (κ1) is 23.3. The molecular weight excluding hydrogens is 406 g/mol. The Labute approximate surface area is 188 Å². The Morgan fingerprint density at radius 1 is 1.19 bits per heavy atom. The summed E-state index contributed by atoms with van der Waals surface area (Å²) in [5.74, 6) is 0.968. The van der Waals surface area contributed by atoms with Crippen LogP contribution in [0, 0.1) is 0 Å². The van der Waals surface area contributed by atoms with Gasteiger partial charge < -0.3 is 30.4 Å². The molecule has 0 unspecified atom stereocenters. The van der Waals surface area contributed by atoms with Crippen molar-refractivity contribution in [3.05, 3.63) is 60.4 Å². The smallest absolute Gasteiger partial charge is 0.241 e. The Balaban J connectivity index is 1.72. The Morgan fingerprint density at radius 3 is 2.62 bits per heavy atom. The van der Waals surface area contributed by atoms with Crippen LogP contribution in [-0.4, -0.2) is 55.8 Å². The average molecular weight is 438 g/mol. The first-order valence-corrected chi connectivity index (χ1v) is 10.6. The summed E-state index contributed by atoms with van der Waals surface area (Å²) in [7, 11) is 3.97. The zero-order valence-corrected chi connectivity index (χ0v) is 18.8. The first-order chi connectivity index (χ1) is 15.5. The van der Waals surface area contributed by atoms with Gasteiger partial charge in [0, 0.05) is 44.3 Å². The van der Waals surface area contributed by atoms with Crippen molar-refractivity contribution < 1.29 is 14.3 Å². The number of carbonyl (C=O) groups is 1. The predicted molar refractivity (Wildman–Crippen MR) is 127 cm³/mol.